The molecule has 38 heavy (non-hydrogen) atoms. The summed E-state index contributed by atoms with van der Waals surface area (Å²) in [6.45, 7) is 1.56. The molecular formula is C33H27NO2P2. The molecular weight excluding hydrogens is 504 g/mol. The minimum absolute atomic E-state index is 0.139. The normalized spacial score (nSPS) is 22.4. The van der Waals surface area contributed by atoms with Crippen molar-refractivity contribution in [1.29, 1.82) is 0 Å². The Morgan fingerprint density at radius 2 is 1.00 bits per heavy atom. The molecule has 0 saturated heterocycles. The molecule has 2 aliphatic heterocycles. The molecule has 0 bridgehead atoms. The lowest BCUT2D eigenvalue weighted by atomic mass is 10.1. The number of hydrogen-bond acceptors (Lipinski definition) is 3. The molecule has 0 N–H and O–H groups in total. The van der Waals surface area contributed by atoms with Gasteiger partial charge in [-0.15, -0.1) is 0 Å². The fourth-order valence-corrected chi connectivity index (χ4v) is 12.4. The van der Waals surface area contributed by atoms with Gasteiger partial charge in [0.1, 0.15) is 0 Å². The zero-order chi connectivity index (χ0) is 28.7. The highest BCUT2D eigenvalue weighted by Crippen LogP contribution is 2.60. The second-order valence-corrected chi connectivity index (χ2v) is 15.5. The van der Waals surface area contributed by atoms with Gasteiger partial charge in [-0.1, -0.05) is 83.9 Å². The van der Waals surface area contributed by atoms with E-state index in [-0.39, 0.29) is 5.56 Å². The highest BCUT2D eigenvalue weighted by atomic mass is 31.2. The van der Waals surface area contributed by atoms with Gasteiger partial charge in [0, 0.05) is 35.9 Å². The van der Waals surface area contributed by atoms with E-state index in [1.54, 1.807) is 18.2 Å². The van der Waals surface area contributed by atoms with E-state index < -0.39 is 21.1 Å². The molecule has 2 heterocycles. The molecule has 3 nitrogen and oxygen atoms in total. The van der Waals surface area contributed by atoms with Gasteiger partial charge in [-0.25, -0.2) is 0 Å². The number of rotatable bonds is 2. The van der Waals surface area contributed by atoms with Gasteiger partial charge in [0.15, 0.2) is 14.3 Å². The van der Waals surface area contributed by atoms with E-state index in [2.05, 4.69) is 4.90 Å². The van der Waals surface area contributed by atoms with E-state index in [9.17, 15) is 0 Å². The van der Waals surface area contributed by atoms with E-state index in [0.717, 1.165) is 27.4 Å². The molecule has 2 unspecified atom stereocenters. The Balaban J connectivity index is 1.68. The van der Waals surface area contributed by atoms with E-state index >= 15 is 9.13 Å². The van der Waals surface area contributed by atoms with Gasteiger partial charge in [-0.3, -0.25) is 0 Å². The van der Waals surface area contributed by atoms with Crippen molar-refractivity contribution in [3.63, 3.8) is 0 Å². The molecule has 186 valence electrons. The Kier molecular flexibility index (Phi) is 4.38. The first-order valence-corrected chi connectivity index (χ1v) is 16.0. The summed E-state index contributed by atoms with van der Waals surface area (Å²) < 4.78 is 55.8. The molecule has 7 rings (SSSR count). The third-order valence-corrected chi connectivity index (χ3v) is 13.8. The summed E-state index contributed by atoms with van der Waals surface area (Å²) in [7, 11) is -6.99. The third kappa shape index (κ3) is 3.04. The van der Waals surface area contributed by atoms with Gasteiger partial charge in [0.2, 0.25) is 0 Å². The second kappa shape index (κ2) is 8.18. The van der Waals surface area contributed by atoms with E-state index in [4.69, 9.17) is 4.11 Å². The average Bonchev–Trinajstić information content (AvgIpc) is 2.97. The van der Waals surface area contributed by atoms with Crippen molar-refractivity contribution >= 4 is 63.2 Å². The quantitative estimate of drug-likeness (QED) is 0.256. The molecule has 0 spiro atoms. The van der Waals surface area contributed by atoms with Crippen LogP contribution in [0.4, 0.5) is 17.1 Å². The number of nitrogens with zero attached hydrogens (tertiary/aromatic N) is 1. The molecule has 0 amide bonds. The number of aryl methyl sites for hydroxylation is 3. The van der Waals surface area contributed by atoms with Crippen LogP contribution in [0.3, 0.4) is 0 Å². The van der Waals surface area contributed by atoms with Crippen LogP contribution in [0.25, 0.3) is 0 Å². The van der Waals surface area contributed by atoms with Gasteiger partial charge in [-0.05, 0) is 62.7 Å². The van der Waals surface area contributed by atoms with Gasteiger partial charge in [0.25, 0.3) is 0 Å². The highest BCUT2D eigenvalue weighted by Gasteiger charge is 2.49. The smallest absolute Gasteiger partial charge is 0.175 e. The first-order valence-electron chi connectivity index (χ1n) is 14.1. The molecule has 0 aromatic heterocycles. The van der Waals surface area contributed by atoms with Crippen LogP contribution in [0.2, 0.25) is 0 Å². The van der Waals surface area contributed by atoms with Crippen LogP contribution in [-0.2, 0) is 9.13 Å². The predicted molar refractivity (Wildman–Crippen MR) is 161 cm³/mol. The summed E-state index contributed by atoms with van der Waals surface area (Å²) in [6, 6.07) is 33.6. The SMILES string of the molecule is [2H]C([2H])([2H])c1ccc2c(c1)P(=O)(c1ccccc1)c1cc(C)cc3c1N2c1ccc(C)cc1P3(=O)c1ccccc1. The standard InChI is InChI=1S/C33H27NO2P2/c1-22-14-16-27-29(18-22)37(35,25-10-6-4-7-11-25)31-20-24(3)21-32-33(31)34(27)28-17-15-23(2)19-30(28)38(32,36)26-12-8-5-9-13-26/h4-21H,1-3H3/i1D3. The number of hydrogen-bond donors (Lipinski definition) is 0. The summed E-state index contributed by atoms with van der Waals surface area (Å²) in [5, 5.41) is 3.76. The largest absolute Gasteiger partial charge is 0.308 e. The lowest BCUT2D eigenvalue weighted by Crippen LogP contribution is -2.46. The minimum Gasteiger partial charge on any atom is -0.308 e. The average molecular weight is 535 g/mol. The van der Waals surface area contributed by atoms with Crippen molar-refractivity contribution in [2.24, 2.45) is 0 Å². The maximum absolute atomic E-state index is 15.8. The molecule has 5 aromatic carbocycles. The molecule has 2 atom stereocenters. The van der Waals surface area contributed by atoms with E-state index in [1.807, 2.05) is 105 Å². The van der Waals surface area contributed by atoms with Crippen LogP contribution < -0.4 is 36.7 Å². The predicted octanol–water partition coefficient (Wildman–Crippen LogP) is 5.99. The Morgan fingerprint density at radius 3 is 1.50 bits per heavy atom. The number of anilines is 3. The zero-order valence-electron chi connectivity index (χ0n) is 24.1. The first kappa shape index (κ1) is 20.3. The van der Waals surface area contributed by atoms with Gasteiger partial charge in [0.05, 0.1) is 17.1 Å². The van der Waals surface area contributed by atoms with Crippen molar-refractivity contribution in [2.75, 3.05) is 4.90 Å². The van der Waals surface area contributed by atoms with Gasteiger partial charge >= 0.3 is 0 Å². The Hall–Kier alpha value is -3.64. The molecule has 2 aliphatic rings. The van der Waals surface area contributed by atoms with Crippen molar-refractivity contribution in [2.45, 2.75) is 20.7 Å². The Morgan fingerprint density at radius 1 is 0.553 bits per heavy atom. The number of fused-ring (bicyclic) bond motifs is 4. The summed E-state index contributed by atoms with van der Waals surface area (Å²) in [5.41, 5.74) is 4.04. The van der Waals surface area contributed by atoms with Gasteiger partial charge in [-0.2, -0.15) is 0 Å². The molecule has 5 aromatic rings. The van der Waals surface area contributed by atoms with Crippen LogP contribution in [-0.4, -0.2) is 0 Å². The molecule has 0 aliphatic carbocycles. The maximum atomic E-state index is 15.8. The summed E-state index contributed by atoms with van der Waals surface area (Å²) in [6.07, 6.45) is 0. The third-order valence-electron chi connectivity index (χ3n) is 7.62. The van der Waals surface area contributed by atoms with Crippen molar-refractivity contribution < 1.29 is 13.2 Å². The van der Waals surface area contributed by atoms with Crippen LogP contribution in [0.15, 0.2) is 109 Å². The van der Waals surface area contributed by atoms with E-state index in [0.29, 0.717) is 32.6 Å². The van der Waals surface area contributed by atoms with E-state index in [1.165, 1.54) is 0 Å². The summed E-state index contributed by atoms with van der Waals surface area (Å²) in [5.74, 6) is 0. The fourth-order valence-electron chi connectivity index (χ4n) is 5.95. The van der Waals surface area contributed by atoms with Crippen LogP contribution in [0.5, 0.6) is 0 Å². The lowest BCUT2D eigenvalue weighted by molar-refractivity contribution is 0.592. The highest BCUT2D eigenvalue weighted by molar-refractivity contribution is 7.88. The topological polar surface area (TPSA) is 37.4 Å². The summed E-state index contributed by atoms with van der Waals surface area (Å²) in [4.78, 5) is 2.05. The molecule has 5 heteroatoms. The molecule has 0 saturated carbocycles. The first-order chi connectivity index (χ1) is 19.5. The lowest BCUT2D eigenvalue weighted by Gasteiger charge is -2.44. The number of benzene rings is 5. The van der Waals surface area contributed by atoms with Crippen molar-refractivity contribution in [3.8, 4) is 0 Å². The van der Waals surface area contributed by atoms with Crippen LogP contribution >= 0.6 is 14.3 Å². The molecule has 0 radical (unpaired) electrons. The summed E-state index contributed by atoms with van der Waals surface area (Å²) >= 11 is 0. The Bertz CT molecular complexity index is 1970. The van der Waals surface area contributed by atoms with Gasteiger partial charge < -0.3 is 14.0 Å². The zero-order valence-corrected chi connectivity index (χ0v) is 22.8. The Labute approximate surface area is 227 Å². The monoisotopic (exact) mass is 534 g/mol. The molecule has 0 fully saturated rings. The van der Waals surface area contributed by atoms with Crippen molar-refractivity contribution in [1.82, 2.24) is 0 Å². The minimum atomic E-state index is -3.59. The second-order valence-electron chi connectivity index (χ2n) is 10.1. The fraction of sp³-hybridized carbons (Fsp3) is 0.0909. The van der Waals surface area contributed by atoms with Crippen LogP contribution in [0.1, 0.15) is 20.8 Å². The van der Waals surface area contributed by atoms with Crippen LogP contribution in [0, 0.1) is 20.7 Å². The van der Waals surface area contributed by atoms with Crippen molar-refractivity contribution in [3.05, 3.63) is 126 Å². The maximum Gasteiger partial charge on any atom is 0.175 e.